The summed E-state index contributed by atoms with van der Waals surface area (Å²) in [4.78, 5) is 42.4. The molecule has 0 spiro atoms. The van der Waals surface area contributed by atoms with E-state index in [4.69, 9.17) is 0 Å². The molecule has 0 radical (unpaired) electrons. The number of non-ortho nitro benzene ring substituents is 1. The maximum atomic E-state index is 12.9. The molecule has 4 rings (SSSR count). The van der Waals surface area contributed by atoms with Gasteiger partial charge in [0, 0.05) is 24.1 Å². The molecule has 0 atom stereocenters. The first kappa shape index (κ1) is 20.5. The summed E-state index contributed by atoms with van der Waals surface area (Å²) in [6.45, 7) is 1.77. The van der Waals surface area contributed by atoms with E-state index in [9.17, 15) is 19.7 Å². The van der Waals surface area contributed by atoms with Crippen molar-refractivity contribution in [2.45, 2.75) is 37.8 Å². The number of nitrogens with zero attached hydrogens (tertiary/aromatic N) is 3. The monoisotopic (exact) mass is 444 g/mol. The summed E-state index contributed by atoms with van der Waals surface area (Å²) in [5.74, 6) is -0.276. The molecule has 1 aromatic carbocycles. The number of thiophene rings is 1. The molecule has 2 aromatic heterocycles. The summed E-state index contributed by atoms with van der Waals surface area (Å²) in [5, 5.41) is 14.9. The lowest BCUT2D eigenvalue weighted by Crippen LogP contribution is -2.22. The first-order chi connectivity index (χ1) is 14.3. The van der Waals surface area contributed by atoms with Gasteiger partial charge in [0.2, 0.25) is 5.91 Å². The van der Waals surface area contributed by atoms with Gasteiger partial charge in [-0.05, 0) is 43.7 Å². The van der Waals surface area contributed by atoms with Crippen molar-refractivity contribution in [3.05, 3.63) is 54.7 Å². The molecule has 1 amide bonds. The van der Waals surface area contributed by atoms with E-state index in [1.807, 2.05) is 0 Å². The second-order valence-electron chi connectivity index (χ2n) is 7.24. The summed E-state index contributed by atoms with van der Waals surface area (Å²) in [7, 11) is 1.67. The molecule has 0 saturated heterocycles. The van der Waals surface area contributed by atoms with Gasteiger partial charge >= 0.3 is 0 Å². The van der Waals surface area contributed by atoms with Crippen molar-refractivity contribution in [2.24, 2.45) is 7.05 Å². The fourth-order valence-electron chi connectivity index (χ4n) is 3.57. The number of amides is 1. The maximum Gasteiger partial charge on any atom is 0.271 e. The maximum absolute atomic E-state index is 12.9. The summed E-state index contributed by atoms with van der Waals surface area (Å²) >= 11 is 2.76. The van der Waals surface area contributed by atoms with Crippen LogP contribution in [0.2, 0.25) is 0 Å². The number of fused-ring (bicyclic) bond motifs is 3. The van der Waals surface area contributed by atoms with E-state index in [1.165, 1.54) is 33.3 Å². The van der Waals surface area contributed by atoms with Gasteiger partial charge in [-0.2, -0.15) is 0 Å². The molecule has 2 heterocycles. The fourth-order valence-corrected chi connectivity index (χ4v) is 5.65. The topological polar surface area (TPSA) is 107 Å². The Bertz CT molecular complexity index is 1230. The van der Waals surface area contributed by atoms with Crippen LogP contribution in [0.4, 0.5) is 11.4 Å². The Kier molecular flexibility index (Phi) is 5.61. The van der Waals surface area contributed by atoms with E-state index in [0.29, 0.717) is 10.8 Å². The molecule has 0 fully saturated rings. The van der Waals surface area contributed by atoms with Crippen LogP contribution in [0.3, 0.4) is 0 Å². The second kappa shape index (κ2) is 8.19. The molecule has 1 aliphatic rings. The van der Waals surface area contributed by atoms with Crippen LogP contribution >= 0.6 is 23.1 Å². The molecule has 0 unspecified atom stereocenters. The third-order valence-corrected chi connectivity index (χ3v) is 7.41. The molecule has 0 aliphatic heterocycles. The van der Waals surface area contributed by atoms with Crippen LogP contribution in [0.5, 0.6) is 0 Å². The van der Waals surface area contributed by atoms with Crippen molar-refractivity contribution in [1.82, 2.24) is 9.55 Å². The number of carbonyl (C=O) groups is 1. The number of anilines is 1. The van der Waals surface area contributed by atoms with Crippen LogP contribution in [0, 0.1) is 17.0 Å². The molecule has 10 heteroatoms. The summed E-state index contributed by atoms with van der Waals surface area (Å²) in [6.07, 6.45) is 4.14. The zero-order chi connectivity index (χ0) is 21.4. The molecule has 0 bridgehead atoms. The van der Waals surface area contributed by atoms with E-state index >= 15 is 0 Å². The molecule has 0 saturated carbocycles. The average molecular weight is 445 g/mol. The van der Waals surface area contributed by atoms with E-state index < -0.39 is 4.92 Å². The van der Waals surface area contributed by atoms with Gasteiger partial charge in [0.1, 0.15) is 4.83 Å². The lowest BCUT2D eigenvalue weighted by Gasteiger charge is -2.11. The normalized spacial score (nSPS) is 13.3. The number of aryl methyl sites for hydroxylation is 3. The number of rotatable bonds is 5. The third-order valence-electron chi connectivity index (χ3n) is 5.19. The Morgan fingerprint density at radius 3 is 2.90 bits per heavy atom. The summed E-state index contributed by atoms with van der Waals surface area (Å²) in [5.41, 5.74) is 2.12. The minimum absolute atomic E-state index is 0.0407. The minimum atomic E-state index is -0.501. The number of nitro benzene ring substituents is 1. The Labute approximate surface area is 180 Å². The first-order valence-corrected chi connectivity index (χ1v) is 11.3. The highest BCUT2D eigenvalue weighted by atomic mass is 32.2. The van der Waals surface area contributed by atoms with Crippen molar-refractivity contribution >= 4 is 50.6 Å². The number of hydrogen-bond acceptors (Lipinski definition) is 7. The average Bonchev–Trinajstić information content (AvgIpc) is 3.09. The molecule has 8 nitrogen and oxygen atoms in total. The van der Waals surface area contributed by atoms with Crippen LogP contribution in [-0.2, 0) is 24.7 Å². The van der Waals surface area contributed by atoms with Gasteiger partial charge < -0.3 is 5.32 Å². The standard InChI is InChI=1S/C20H20N4O4S2/c1-11-7-8-12(24(27)28)9-14(11)21-16(25)10-29-20-22-18-17(19(26)23(20)2)13-5-3-4-6-15(13)30-18/h7-9H,3-6,10H2,1-2H3,(H,21,25). The number of nitrogens with one attached hydrogen (secondary N) is 1. The SMILES string of the molecule is Cc1ccc([N+](=O)[O-])cc1NC(=O)CSc1nc2sc3c(c2c(=O)n1C)CCCC3. The molecule has 1 aliphatic carbocycles. The first-order valence-electron chi connectivity index (χ1n) is 9.54. The van der Waals surface area contributed by atoms with E-state index in [0.717, 1.165) is 47.0 Å². The van der Waals surface area contributed by atoms with E-state index in [1.54, 1.807) is 31.4 Å². The molecule has 1 N–H and O–H groups in total. The molecule has 3 aromatic rings. The van der Waals surface area contributed by atoms with Gasteiger partial charge in [-0.3, -0.25) is 24.3 Å². The van der Waals surface area contributed by atoms with Gasteiger partial charge in [0.15, 0.2) is 5.16 Å². The molecule has 156 valence electrons. The quantitative estimate of drug-likeness (QED) is 0.277. The fraction of sp³-hybridized carbons (Fsp3) is 0.350. The highest BCUT2D eigenvalue weighted by molar-refractivity contribution is 7.99. The van der Waals surface area contributed by atoms with Crippen molar-refractivity contribution in [3.8, 4) is 0 Å². The lowest BCUT2D eigenvalue weighted by molar-refractivity contribution is -0.384. The Morgan fingerprint density at radius 2 is 2.13 bits per heavy atom. The van der Waals surface area contributed by atoms with E-state index in [-0.39, 0.29) is 22.9 Å². The Morgan fingerprint density at radius 1 is 1.37 bits per heavy atom. The highest BCUT2D eigenvalue weighted by Crippen LogP contribution is 2.34. The highest BCUT2D eigenvalue weighted by Gasteiger charge is 2.21. The van der Waals surface area contributed by atoms with Gasteiger partial charge in [0.05, 0.1) is 21.7 Å². The van der Waals surface area contributed by atoms with Crippen molar-refractivity contribution in [3.63, 3.8) is 0 Å². The zero-order valence-electron chi connectivity index (χ0n) is 16.6. The van der Waals surface area contributed by atoms with Crippen LogP contribution in [0.1, 0.15) is 28.8 Å². The Balaban J connectivity index is 1.53. The number of nitro groups is 1. The number of carbonyl (C=O) groups excluding carboxylic acids is 1. The van der Waals surface area contributed by atoms with Gasteiger partial charge in [-0.1, -0.05) is 17.8 Å². The number of thioether (sulfide) groups is 1. The van der Waals surface area contributed by atoms with Crippen LogP contribution in [-0.4, -0.2) is 26.1 Å². The zero-order valence-corrected chi connectivity index (χ0v) is 18.2. The van der Waals surface area contributed by atoms with Crippen molar-refractivity contribution in [1.29, 1.82) is 0 Å². The van der Waals surface area contributed by atoms with Gasteiger partial charge in [-0.25, -0.2) is 4.98 Å². The van der Waals surface area contributed by atoms with Gasteiger partial charge in [-0.15, -0.1) is 11.3 Å². The lowest BCUT2D eigenvalue weighted by atomic mass is 9.97. The summed E-state index contributed by atoms with van der Waals surface area (Å²) < 4.78 is 1.50. The van der Waals surface area contributed by atoms with Crippen LogP contribution in [0.25, 0.3) is 10.2 Å². The van der Waals surface area contributed by atoms with Crippen molar-refractivity contribution in [2.75, 3.05) is 11.1 Å². The van der Waals surface area contributed by atoms with Crippen molar-refractivity contribution < 1.29 is 9.72 Å². The van der Waals surface area contributed by atoms with E-state index in [2.05, 4.69) is 10.3 Å². The van der Waals surface area contributed by atoms with Crippen LogP contribution < -0.4 is 10.9 Å². The third kappa shape index (κ3) is 3.84. The smallest absolute Gasteiger partial charge is 0.271 e. The summed E-state index contributed by atoms with van der Waals surface area (Å²) in [6, 6.07) is 4.34. The Hall–Kier alpha value is -2.72. The molecule has 30 heavy (non-hydrogen) atoms. The molecular weight excluding hydrogens is 424 g/mol. The number of aromatic nitrogens is 2. The number of benzene rings is 1. The number of hydrogen-bond donors (Lipinski definition) is 1. The second-order valence-corrected chi connectivity index (χ2v) is 9.27. The minimum Gasteiger partial charge on any atom is -0.325 e. The predicted molar refractivity (Wildman–Crippen MR) is 119 cm³/mol. The molecular formula is C20H20N4O4S2. The van der Waals surface area contributed by atoms with Gasteiger partial charge in [0.25, 0.3) is 11.2 Å². The largest absolute Gasteiger partial charge is 0.325 e. The van der Waals surface area contributed by atoms with Crippen LogP contribution in [0.15, 0.2) is 28.2 Å². The predicted octanol–water partition coefficient (Wildman–Crippen LogP) is 3.82.